The largest absolute Gasteiger partial charge is 0.482 e. The van der Waals surface area contributed by atoms with E-state index in [0.29, 0.717) is 5.92 Å². The van der Waals surface area contributed by atoms with Crippen LogP contribution < -0.4 is 15.0 Å². The van der Waals surface area contributed by atoms with Crippen LogP contribution in [-0.2, 0) is 4.79 Å². The molecule has 0 spiro atoms. The molecule has 0 bridgehead atoms. The molecule has 1 atom stereocenters. The second-order valence-corrected chi connectivity index (χ2v) is 6.36. The molecular formula is C15H19BrN2O2. The maximum atomic E-state index is 12.1. The van der Waals surface area contributed by atoms with Gasteiger partial charge in [0.1, 0.15) is 5.75 Å². The van der Waals surface area contributed by atoms with E-state index in [2.05, 4.69) is 21.2 Å². The van der Waals surface area contributed by atoms with Crippen molar-refractivity contribution in [3.63, 3.8) is 0 Å². The van der Waals surface area contributed by atoms with Gasteiger partial charge in [0.25, 0.3) is 5.91 Å². The summed E-state index contributed by atoms with van der Waals surface area (Å²) in [7, 11) is 0. The summed E-state index contributed by atoms with van der Waals surface area (Å²) in [6.07, 6.45) is 3.55. The van der Waals surface area contributed by atoms with Gasteiger partial charge in [0.05, 0.1) is 5.69 Å². The minimum atomic E-state index is 0.0550. The van der Waals surface area contributed by atoms with Crippen LogP contribution in [0.4, 0.5) is 5.69 Å². The third-order valence-electron chi connectivity index (χ3n) is 4.02. The van der Waals surface area contributed by atoms with E-state index >= 15 is 0 Å². The smallest absolute Gasteiger partial charge is 0.265 e. The Kier molecular flexibility index (Phi) is 4.27. The van der Waals surface area contributed by atoms with Crippen molar-refractivity contribution in [3.8, 4) is 5.75 Å². The molecule has 0 radical (unpaired) electrons. The van der Waals surface area contributed by atoms with Gasteiger partial charge in [-0.15, -0.1) is 0 Å². The van der Waals surface area contributed by atoms with Gasteiger partial charge in [0.15, 0.2) is 6.61 Å². The number of carbonyl (C=O) groups excluding carboxylic acids is 1. The molecule has 1 saturated heterocycles. The van der Waals surface area contributed by atoms with Gasteiger partial charge in [-0.1, -0.05) is 15.9 Å². The first-order valence-electron chi connectivity index (χ1n) is 7.17. The number of nitrogens with zero attached hydrogens (tertiary/aromatic N) is 1. The fourth-order valence-electron chi connectivity index (χ4n) is 2.90. The number of fused-ring (bicyclic) bond motifs is 1. The highest BCUT2D eigenvalue weighted by molar-refractivity contribution is 9.10. The van der Waals surface area contributed by atoms with Gasteiger partial charge >= 0.3 is 0 Å². The first kappa shape index (κ1) is 13.9. The number of anilines is 1. The molecule has 5 heteroatoms. The van der Waals surface area contributed by atoms with Crippen molar-refractivity contribution in [1.29, 1.82) is 0 Å². The summed E-state index contributed by atoms with van der Waals surface area (Å²) in [5.74, 6) is 1.53. The number of hydrogen-bond donors (Lipinski definition) is 1. The standard InChI is InChI=1S/C15H19BrN2O2/c16-12-3-4-14-13(8-12)18(15(19)10-20-14)7-5-11-2-1-6-17-9-11/h3-4,8,11,17H,1-2,5-7,9-10H2. The fourth-order valence-corrected chi connectivity index (χ4v) is 3.25. The van der Waals surface area contributed by atoms with E-state index in [-0.39, 0.29) is 12.5 Å². The van der Waals surface area contributed by atoms with Crippen LogP contribution in [0.15, 0.2) is 22.7 Å². The van der Waals surface area contributed by atoms with Crippen LogP contribution in [0, 0.1) is 5.92 Å². The Hall–Kier alpha value is -1.07. The Morgan fingerprint density at radius 2 is 2.35 bits per heavy atom. The predicted molar refractivity (Wildman–Crippen MR) is 82.2 cm³/mol. The zero-order chi connectivity index (χ0) is 13.9. The predicted octanol–water partition coefficient (Wildman–Crippen LogP) is 2.56. The van der Waals surface area contributed by atoms with Crippen LogP contribution >= 0.6 is 15.9 Å². The van der Waals surface area contributed by atoms with Crippen molar-refractivity contribution in [2.24, 2.45) is 5.92 Å². The van der Waals surface area contributed by atoms with Crippen LogP contribution in [0.1, 0.15) is 19.3 Å². The first-order valence-corrected chi connectivity index (χ1v) is 7.97. The van der Waals surface area contributed by atoms with Gasteiger partial charge in [0.2, 0.25) is 0 Å². The lowest BCUT2D eigenvalue weighted by atomic mass is 9.96. The Bertz CT molecular complexity index is 501. The molecule has 1 fully saturated rings. The van der Waals surface area contributed by atoms with Gasteiger partial charge in [-0.3, -0.25) is 4.79 Å². The lowest BCUT2D eigenvalue weighted by Crippen LogP contribution is -2.41. The van der Waals surface area contributed by atoms with Crippen LogP contribution in [-0.4, -0.2) is 32.1 Å². The molecule has 1 amide bonds. The fraction of sp³-hybridized carbons (Fsp3) is 0.533. The molecule has 2 aliphatic heterocycles. The molecule has 0 aliphatic carbocycles. The van der Waals surface area contributed by atoms with Gasteiger partial charge in [-0.05, 0) is 56.5 Å². The summed E-state index contributed by atoms with van der Waals surface area (Å²) in [4.78, 5) is 14.0. The zero-order valence-corrected chi connectivity index (χ0v) is 13.0. The van der Waals surface area contributed by atoms with Crippen LogP contribution in [0.2, 0.25) is 0 Å². The van der Waals surface area contributed by atoms with Crippen molar-refractivity contribution in [2.75, 3.05) is 31.1 Å². The molecule has 2 aliphatic rings. The zero-order valence-electron chi connectivity index (χ0n) is 11.4. The first-order chi connectivity index (χ1) is 9.74. The third kappa shape index (κ3) is 2.99. The summed E-state index contributed by atoms with van der Waals surface area (Å²) in [5.41, 5.74) is 0.888. The summed E-state index contributed by atoms with van der Waals surface area (Å²) >= 11 is 3.46. The van der Waals surface area contributed by atoms with Crippen molar-refractivity contribution in [2.45, 2.75) is 19.3 Å². The highest BCUT2D eigenvalue weighted by Gasteiger charge is 2.26. The number of rotatable bonds is 3. The monoisotopic (exact) mass is 338 g/mol. The van der Waals surface area contributed by atoms with Crippen molar-refractivity contribution >= 4 is 27.5 Å². The molecule has 2 heterocycles. The summed E-state index contributed by atoms with van der Waals surface area (Å²) in [6, 6.07) is 5.82. The quantitative estimate of drug-likeness (QED) is 0.920. The van der Waals surface area contributed by atoms with E-state index < -0.39 is 0 Å². The average Bonchev–Trinajstić information content (AvgIpc) is 2.47. The molecule has 3 rings (SSSR count). The number of hydrogen-bond acceptors (Lipinski definition) is 3. The van der Waals surface area contributed by atoms with Crippen molar-refractivity contribution < 1.29 is 9.53 Å². The van der Waals surface area contributed by atoms with Crippen LogP contribution in [0.25, 0.3) is 0 Å². The summed E-state index contributed by atoms with van der Waals surface area (Å²) in [5, 5.41) is 3.43. The Morgan fingerprint density at radius 3 is 3.15 bits per heavy atom. The van der Waals surface area contributed by atoms with Gasteiger partial charge < -0.3 is 15.0 Å². The van der Waals surface area contributed by atoms with Crippen LogP contribution in [0.5, 0.6) is 5.75 Å². The maximum absolute atomic E-state index is 12.1. The molecule has 20 heavy (non-hydrogen) atoms. The average molecular weight is 339 g/mol. The minimum absolute atomic E-state index is 0.0550. The second-order valence-electron chi connectivity index (χ2n) is 5.45. The number of halogens is 1. The van der Waals surface area contributed by atoms with E-state index in [1.54, 1.807) is 0 Å². The number of benzene rings is 1. The van der Waals surface area contributed by atoms with E-state index in [1.807, 2.05) is 23.1 Å². The number of piperidine rings is 1. The van der Waals surface area contributed by atoms with E-state index in [1.165, 1.54) is 12.8 Å². The SMILES string of the molecule is O=C1COc2ccc(Br)cc2N1CCC1CCCNC1. The van der Waals surface area contributed by atoms with Crippen molar-refractivity contribution in [1.82, 2.24) is 5.32 Å². The highest BCUT2D eigenvalue weighted by Crippen LogP contribution is 2.35. The number of carbonyl (C=O) groups is 1. The lowest BCUT2D eigenvalue weighted by Gasteiger charge is -2.31. The van der Waals surface area contributed by atoms with Crippen LogP contribution in [0.3, 0.4) is 0 Å². The topological polar surface area (TPSA) is 41.6 Å². The molecule has 0 aromatic heterocycles. The van der Waals surface area contributed by atoms with Gasteiger partial charge in [-0.2, -0.15) is 0 Å². The summed E-state index contributed by atoms with van der Waals surface area (Å²) in [6.45, 7) is 3.13. The molecule has 1 aromatic rings. The Balaban J connectivity index is 1.71. The van der Waals surface area contributed by atoms with Gasteiger partial charge in [-0.25, -0.2) is 0 Å². The number of nitrogens with one attached hydrogen (secondary N) is 1. The minimum Gasteiger partial charge on any atom is -0.482 e. The normalized spacial score (nSPS) is 22.4. The molecule has 1 aromatic carbocycles. The number of ether oxygens (including phenoxy) is 1. The molecular weight excluding hydrogens is 320 g/mol. The van der Waals surface area contributed by atoms with Gasteiger partial charge in [0, 0.05) is 11.0 Å². The Morgan fingerprint density at radius 1 is 1.45 bits per heavy atom. The molecule has 1 N–H and O–H groups in total. The highest BCUT2D eigenvalue weighted by atomic mass is 79.9. The molecule has 108 valence electrons. The molecule has 1 unspecified atom stereocenters. The second kappa shape index (κ2) is 6.14. The molecule has 0 saturated carbocycles. The maximum Gasteiger partial charge on any atom is 0.265 e. The van der Waals surface area contributed by atoms with E-state index in [0.717, 1.165) is 42.0 Å². The summed E-state index contributed by atoms with van der Waals surface area (Å²) < 4.78 is 6.46. The van der Waals surface area contributed by atoms with E-state index in [9.17, 15) is 4.79 Å². The van der Waals surface area contributed by atoms with Crippen molar-refractivity contribution in [3.05, 3.63) is 22.7 Å². The number of amides is 1. The third-order valence-corrected chi connectivity index (χ3v) is 4.52. The van der Waals surface area contributed by atoms with E-state index in [4.69, 9.17) is 4.74 Å². The Labute approximate surface area is 127 Å². The molecule has 4 nitrogen and oxygen atoms in total. The lowest BCUT2D eigenvalue weighted by molar-refractivity contribution is -0.121.